The first-order valence-electron chi connectivity index (χ1n) is 3.62. The smallest absolute Gasteiger partial charge is 0.344 e. The molecule has 0 amide bonds. The SMILES string of the molecule is CC(Cn1c(=O)[nH][nH]c1=O)C(=O)O. The fourth-order valence-electron chi connectivity index (χ4n) is 0.852. The fourth-order valence-corrected chi connectivity index (χ4v) is 0.852. The fraction of sp³-hybridized carbons (Fsp3) is 0.500. The Bertz CT molecular complexity index is 385. The van der Waals surface area contributed by atoms with Crippen LogP contribution in [0, 0.1) is 5.92 Å². The Labute approximate surface area is 72.0 Å². The number of nitrogens with one attached hydrogen (secondary N) is 2. The normalized spacial score (nSPS) is 12.7. The zero-order valence-electron chi connectivity index (χ0n) is 6.90. The van der Waals surface area contributed by atoms with Gasteiger partial charge in [0.1, 0.15) is 0 Å². The van der Waals surface area contributed by atoms with E-state index in [0.717, 1.165) is 4.57 Å². The van der Waals surface area contributed by atoms with Gasteiger partial charge in [-0.05, 0) is 0 Å². The molecule has 1 aromatic heterocycles. The van der Waals surface area contributed by atoms with Crippen LogP contribution >= 0.6 is 0 Å². The molecule has 1 unspecified atom stereocenters. The van der Waals surface area contributed by atoms with Crippen LogP contribution in [0.15, 0.2) is 9.59 Å². The third-order valence-electron chi connectivity index (χ3n) is 1.64. The van der Waals surface area contributed by atoms with E-state index in [1.165, 1.54) is 6.92 Å². The van der Waals surface area contributed by atoms with E-state index < -0.39 is 23.3 Å². The van der Waals surface area contributed by atoms with E-state index in [1.807, 2.05) is 0 Å². The number of carbonyl (C=O) groups is 1. The third kappa shape index (κ3) is 1.86. The van der Waals surface area contributed by atoms with Crippen molar-refractivity contribution in [2.24, 2.45) is 5.92 Å². The molecule has 7 heteroatoms. The molecule has 7 nitrogen and oxygen atoms in total. The molecule has 1 heterocycles. The summed E-state index contributed by atoms with van der Waals surface area (Å²) in [6, 6.07) is 0. The summed E-state index contributed by atoms with van der Waals surface area (Å²) in [7, 11) is 0. The molecular weight excluding hydrogens is 178 g/mol. The molecule has 0 saturated carbocycles. The molecule has 1 aromatic rings. The summed E-state index contributed by atoms with van der Waals surface area (Å²) in [6.45, 7) is 1.29. The number of H-pyrrole nitrogens is 2. The number of aromatic nitrogens is 3. The molecule has 0 aliphatic carbocycles. The van der Waals surface area contributed by atoms with Crippen LogP contribution in [-0.4, -0.2) is 25.8 Å². The Morgan fingerprint density at radius 1 is 1.46 bits per heavy atom. The Morgan fingerprint density at radius 3 is 2.31 bits per heavy atom. The number of aromatic amines is 2. The van der Waals surface area contributed by atoms with Gasteiger partial charge in [0.2, 0.25) is 0 Å². The van der Waals surface area contributed by atoms with Gasteiger partial charge in [0.15, 0.2) is 0 Å². The minimum absolute atomic E-state index is 0.132. The summed E-state index contributed by atoms with van der Waals surface area (Å²) in [5.41, 5.74) is -1.25. The number of rotatable bonds is 3. The Kier molecular flexibility index (Phi) is 2.36. The van der Waals surface area contributed by atoms with Gasteiger partial charge in [0.25, 0.3) is 0 Å². The highest BCUT2D eigenvalue weighted by Crippen LogP contribution is 1.95. The topological polar surface area (TPSA) is 108 Å². The van der Waals surface area contributed by atoms with E-state index in [2.05, 4.69) is 10.2 Å². The lowest BCUT2D eigenvalue weighted by Crippen LogP contribution is -2.31. The highest BCUT2D eigenvalue weighted by Gasteiger charge is 2.14. The Hall–Kier alpha value is -1.79. The van der Waals surface area contributed by atoms with Gasteiger partial charge in [-0.15, -0.1) is 0 Å². The average Bonchev–Trinajstić information content (AvgIpc) is 2.35. The van der Waals surface area contributed by atoms with E-state index in [9.17, 15) is 14.4 Å². The number of nitrogens with zero attached hydrogens (tertiary/aromatic N) is 1. The summed E-state index contributed by atoms with van der Waals surface area (Å²) in [4.78, 5) is 32.2. The third-order valence-corrected chi connectivity index (χ3v) is 1.64. The minimum Gasteiger partial charge on any atom is -0.481 e. The van der Waals surface area contributed by atoms with Crippen molar-refractivity contribution in [3.05, 3.63) is 21.0 Å². The molecule has 0 bridgehead atoms. The molecule has 1 rings (SSSR count). The van der Waals surface area contributed by atoms with E-state index in [1.54, 1.807) is 0 Å². The molecule has 0 saturated heterocycles. The maximum atomic E-state index is 10.9. The largest absolute Gasteiger partial charge is 0.481 e. The summed E-state index contributed by atoms with van der Waals surface area (Å²) < 4.78 is 0.804. The van der Waals surface area contributed by atoms with Crippen molar-refractivity contribution in [3.63, 3.8) is 0 Å². The quantitative estimate of drug-likeness (QED) is 0.539. The maximum absolute atomic E-state index is 10.9. The van der Waals surface area contributed by atoms with Crippen LogP contribution in [0.3, 0.4) is 0 Å². The summed E-state index contributed by atoms with van der Waals surface area (Å²) in [5, 5.41) is 12.6. The van der Waals surface area contributed by atoms with Gasteiger partial charge in [-0.1, -0.05) is 6.92 Å². The first kappa shape index (κ1) is 9.30. The van der Waals surface area contributed by atoms with Crippen LogP contribution in [0.1, 0.15) is 6.92 Å². The van der Waals surface area contributed by atoms with Crippen LogP contribution in [-0.2, 0) is 11.3 Å². The van der Waals surface area contributed by atoms with E-state index in [0.29, 0.717) is 0 Å². The highest BCUT2D eigenvalue weighted by atomic mass is 16.4. The van der Waals surface area contributed by atoms with Crippen LogP contribution in [0.5, 0.6) is 0 Å². The van der Waals surface area contributed by atoms with Crippen molar-refractivity contribution in [1.82, 2.24) is 14.8 Å². The minimum atomic E-state index is -1.05. The van der Waals surface area contributed by atoms with Crippen molar-refractivity contribution in [2.75, 3.05) is 0 Å². The summed E-state index contributed by atoms with van der Waals surface area (Å²) in [5.74, 6) is -1.82. The van der Waals surface area contributed by atoms with Gasteiger partial charge >= 0.3 is 17.3 Å². The van der Waals surface area contributed by atoms with Gasteiger partial charge < -0.3 is 5.11 Å². The molecule has 13 heavy (non-hydrogen) atoms. The van der Waals surface area contributed by atoms with Crippen LogP contribution in [0.4, 0.5) is 0 Å². The number of hydrogen-bond acceptors (Lipinski definition) is 3. The van der Waals surface area contributed by atoms with Crippen LogP contribution < -0.4 is 11.4 Å². The Morgan fingerprint density at radius 2 is 1.92 bits per heavy atom. The van der Waals surface area contributed by atoms with Gasteiger partial charge in [0, 0.05) is 6.54 Å². The van der Waals surface area contributed by atoms with E-state index in [4.69, 9.17) is 5.11 Å². The zero-order chi connectivity index (χ0) is 10.0. The molecule has 0 aliphatic rings. The van der Waals surface area contributed by atoms with E-state index in [-0.39, 0.29) is 6.54 Å². The predicted molar refractivity (Wildman–Crippen MR) is 42.5 cm³/mol. The molecule has 1 atom stereocenters. The lowest BCUT2D eigenvalue weighted by atomic mass is 10.2. The highest BCUT2D eigenvalue weighted by molar-refractivity contribution is 5.69. The zero-order valence-corrected chi connectivity index (χ0v) is 6.90. The second-order valence-electron chi connectivity index (χ2n) is 2.71. The lowest BCUT2D eigenvalue weighted by Gasteiger charge is -2.03. The van der Waals surface area contributed by atoms with Crippen molar-refractivity contribution in [1.29, 1.82) is 0 Å². The number of aliphatic carboxylic acids is 1. The molecule has 0 spiro atoms. The molecule has 3 N–H and O–H groups in total. The monoisotopic (exact) mass is 187 g/mol. The molecule has 0 radical (unpaired) electrons. The predicted octanol–water partition coefficient (Wildman–Crippen LogP) is -1.41. The maximum Gasteiger partial charge on any atom is 0.344 e. The van der Waals surface area contributed by atoms with Crippen molar-refractivity contribution in [3.8, 4) is 0 Å². The summed E-state index contributed by atoms with van der Waals surface area (Å²) in [6.07, 6.45) is 0. The molecule has 72 valence electrons. The second-order valence-corrected chi connectivity index (χ2v) is 2.71. The first-order chi connectivity index (χ1) is 6.02. The molecular formula is C6H9N3O4. The van der Waals surface area contributed by atoms with Crippen molar-refractivity contribution >= 4 is 5.97 Å². The van der Waals surface area contributed by atoms with Crippen molar-refractivity contribution in [2.45, 2.75) is 13.5 Å². The number of hydrogen-bond donors (Lipinski definition) is 3. The molecule has 0 fully saturated rings. The van der Waals surface area contributed by atoms with Crippen molar-refractivity contribution < 1.29 is 9.90 Å². The van der Waals surface area contributed by atoms with Gasteiger partial charge in [-0.3, -0.25) is 4.79 Å². The molecule has 0 aliphatic heterocycles. The first-order valence-corrected chi connectivity index (χ1v) is 3.62. The van der Waals surface area contributed by atoms with Gasteiger partial charge in [-0.25, -0.2) is 24.4 Å². The van der Waals surface area contributed by atoms with E-state index >= 15 is 0 Å². The lowest BCUT2D eigenvalue weighted by molar-refractivity contribution is -0.141. The number of carboxylic acid groups (broad SMARTS) is 1. The van der Waals surface area contributed by atoms with Gasteiger partial charge in [-0.2, -0.15) is 0 Å². The summed E-state index contributed by atoms with van der Waals surface area (Å²) >= 11 is 0. The number of carboxylic acids is 1. The average molecular weight is 187 g/mol. The molecule has 0 aromatic carbocycles. The Balaban J connectivity index is 2.92. The second kappa shape index (κ2) is 3.30. The van der Waals surface area contributed by atoms with Crippen LogP contribution in [0.25, 0.3) is 0 Å². The van der Waals surface area contributed by atoms with Gasteiger partial charge in [0.05, 0.1) is 5.92 Å². The van der Waals surface area contributed by atoms with Crippen LogP contribution in [0.2, 0.25) is 0 Å². The standard InChI is InChI=1S/C6H9N3O4/c1-3(4(10)11)2-9-5(12)7-8-6(9)13/h3H,2H2,1H3,(H,7,12)(H,8,13)(H,10,11).